The van der Waals surface area contributed by atoms with Crippen LogP contribution in [-0.2, 0) is 4.79 Å². The molecule has 0 heterocycles. The zero-order valence-corrected chi connectivity index (χ0v) is 15.4. The van der Waals surface area contributed by atoms with Gasteiger partial charge in [-0.25, -0.2) is 5.43 Å². The third kappa shape index (κ3) is 5.64. The van der Waals surface area contributed by atoms with Crippen molar-refractivity contribution >= 4 is 17.8 Å². The van der Waals surface area contributed by atoms with Crippen LogP contribution in [0.15, 0.2) is 47.6 Å². The minimum absolute atomic E-state index is 0.291. The fourth-order valence-corrected chi connectivity index (χ4v) is 2.38. The zero-order chi connectivity index (χ0) is 18.4. The molecule has 132 valence electrons. The van der Waals surface area contributed by atoms with Crippen LogP contribution >= 0.6 is 0 Å². The molecule has 1 unspecified atom stereocenters. The first-order valence-electron chi connectivity index (χ1n) is 8.20. The van der Waals surface area contributed by atoms with Crippen molar-refractivity contribution in [2.75, 3.05) is 19.0 Å². The molecule has 5 nitrogen and oxygen atoms in total. The number of amides is 1. The van der Waals surface area contributed by atoms with Gasteiger partial charge in [0, 0.05) is 19.8 Å². The van der Waals surface area contributed by atoms with Gasteiger partial charge in [0.1, 0.15) is 5.75 Å². The molecule has 0 aliphatic rings. The summed E-state index contributed by atoms with van der Waals surface area (Å²) in [6.07, 6.45) is 0.982. The molecule has 0 fully saturated rings. The topological polar surface area (TPSA) is 53.9 Å². The highest BCUT2D eigenvalue weighted by atomic mass is 16.5. The van der Waals surface area contributed by atoms with E-state index in [1.165, 1.54) is 0 Å². The molecule has 0 saturated carbocycles. The van der Waals surface area contributed by atoms with Gasteiger partial charge in [-0.2, -0.15) is 5.10 Å². The summed E-state index contributed by atoms with van der Waals surface area (Å²) in [5, 5.41) is 4.00. The van der Waals surface area contributed by atoms with Crippen LogP contribution in [0.2, 0.25) is 0 Å². The Morgan fingerprint density at radius 2 is 1.72 bits per heavy atom. The van der Waals surface area contributed by atoms with E-state index in [0.29, 0.717) is 5.75 Å². The van der Waals surface area contributed by atoms with Gasteiger partial charge < -0.3 is 9.64 Å². The minimum atomic E-state index is -0.630. The number of nitrogens with zero attached hydrogens (tertiary/aromatic N) is 2. The molecule has 0 bridgehead atoms. The number of ether oxygens (including phenoxy) is 1. The van der Waals surface area contributed by atoms with Crippen LogP contribution in [0.1, 0.15) is 23.6 Å². The van der Waals surface area contributed by atoms with Gasteiger partial charge in [-0.3, -0.25) is 4.79 Å². The zero-order valence-electron chi connectivity index (χ0n) is 15.4. The standard InChI is InChI=1S/C20H25N3O2/c1-14-10-15(2)12-19(11-14)25-16(3)20(24)22-21-13-17-6-8-18(9-7-17)23(4)5/h6-13,16H,1-5H3,(H,22,24). The second-order valence-electron chi connectivity index (χ2n) is 6.30. The third-order valence-corrected chi connectivity index (χ3v) is 3.68. The Bertz CT molecular complexity index is 732. The number of carbonyl (C=O) groups excluding carboxylic acids is 1. The molecule has 2 aromatic carbocycles. The van der Waals surface area contributed by atoms with E-state index >= 15 is 0 Å². The summed E-state index contributed by atoms with van der Waals surface area (Å²) < 4.78 is 5.69. The van der Waals surface area contributed by atoms with Crippen LogP contribution in [0, 0.1) is 13.8 Å². The van der Waals surface area contributed by atoms with Gasteiger partial charge in [0.25, 0.3) is 5.91 Å². The minimum Gasteiger partial charge on any atom is -0.481 e. The lowest BCUT2D eigenvalue weighted by Crippen LogP contribution is -2.33. The van der Waals surface area contributed by atoms with Crippen LogP contribution in [0.4, 0.5) is 5.69 Å². The van der Waals surface area contributed by atoms with Gasteiger partial charge in [-0.05, 0) is 61.7 Å². The van der Waals surface area contributed by atoms with Gasteiger partial charge in [0.05, 0.1) is 6.21 Å². The van der Waals surface area contributed by atoms with Crippen molar-refractivity contribution in [2.45, 2.75) is 26.9 Å². The molecule has 25 heavy (non-hydrogen) atoms. The summed E-state index contributed by atoms with van der Waals surface area (Å²) in [4.78, 5) is 14.1. The number of aryl methyl sites for hydroxylation is 2. The second-order valence-corrected chi connectivity index (χ2v) is 6.30. The predicted molar refractivity (Wildman–Crippen MR) is 103 cm³/mol. The van der Waals surface area contributed by atoms with Crippen LogP contribution < -0.4 is 15.1 Å². The lowest BCUT2D eigenvalue weighted by molar-refractivity contribution is -0.127. The molecule has 0 aromatic heterocycles. The number of hydrogen-bond donors (Lipinski definition) is 1. The number of carbonyl (C=O) groups is 1. The molecule has 1 atom stereocenters. The van der Waals surface area contributed by atoms with Crippen molar-refractivity contribution in [3.8, 4) is 5.75 Å². The lowest BCUT2D eigenvalue weighted by atomic mass is 10.1. The molecule has 0 radical (unpaired) electrons. The number of hydrogen-bond acceptors (Lipinski definition) is 4. The van der Waals surface area contributed by atoms with Crippen molar-refractivity contribution < 1.29 is 9.53 Å². The van der Waals surface area contributed by atoms with Gasteiger partial charge in [-0.1, -0.05) is 18.2 Å². The molecule has 2 rings (SSSR count). The van der Waals surface area contributed by atoms with E-state index < -0.39 is 6.10 Å². The average Bonchev–Trinajstić information content (AvgIpc) is 2.54. The Morgan fingerprint density at radius 1 is 1.12 bits per heavy atom. The molecular weight excluding hydrogens is 314 g/mol. The first-order chi connectivity index (χ1) is 11.8. The van der Waals surface area contributed by atoms with Crippen LogP contribution in [0.25, 0.3) is 0 Å². The van der Waals surface area contributed by atoms with Crippen molar-refractivity contribution in [1.29, 1.82) is 0 Å². The maximum Gasteiger partial charge on any atom is 0.280 e. The summed E-state index contributed by atoms with van der Waals surface area (Å²) in [6.45, 7) is 5.70. The van der Waals surface area contributed by atoms with E-state index in [9.17, 15) is 4.79 Å². The summed E-state index contributed by atoms with van der Waals surface area (Å²) >= 11 is 0. The molecule has 5 heteroatoms. The van der Waals surface area contributed by atoms with Crippen molar-refractivity contribution in [3.05, 3.63) is 59.2 Å². The second kappa shape index (κ2) is 8.33. The van der Waals surface area contributed by atoms with Crippen LogP contribution in [-0.4, -0.2) is 32.3 Å². The van der Waals surface area contributed by atoms with Crippen molar-refractivity contribution in [1.82, 2.24) is 5.43 Å². The van der Waals surface area contributed by atoms with Gasteiger partial charge in [-0.15, -0.1) is 0 Å². The maximum atomic E-state index is 12.1. The first-order valence-corrected chi connectivity index (χ1v) is 8.20. The molecule has 2 aromatic rings. The van der Waals surface area contributed by atoms with E-state index in [4.69, 9.17) is 4.74 Å². The first kappa shape index (κ1) is 18.5. The Hall–Kier alpha value is -2.82. The molecule has 1 amide bonds. The van der Waals surface area contributed by atoms with Gasteiger partial charge in [0.15, 0.2) is 6.10 Å². The number of benzene rings is 2. The number of nitrogens with one attached hydrogen (secondary N) is 1. The molecule has 1 N–H and O–H groups in total. The number of hydrazone groups is 1. The average molecular weight is 339 g/mol. The Labute approximate surface area is 149 Å². The van der Waals surface area contributed by atoms with E-state index in [1.54, 1.807) is 13.1 Å². The maximum absolute atomic E-state index is 12.1. The van der Waals surface area contributed by atoms with E-state index in [0.717, 1.165) is 22.4 Å². The summed E-state index contributed by atoms with van der Waals surface area (Å²) in [7, 11) is 3.97. The van der Waals surface area contributed by atoms with Crippen LogP contribution in [0.5, 0.6) is 5.75 Å². The molecule has 0 aliphatic heterocycles. The van der Waals surface area contributed by atoms with Gasteiger partial charge in [0.2, 0.25) is 0 Å². The highest BCUT2D eigenvalue weighted by Crippen LogP contribution is 2.17. The lowest BCUT2D eigenvalue weighted by Gasteiger charge is -2.14. The van der Waals surface area contributed by atoms with Crippen molar-refractivity contribution in [3.63, 3.8) is 0 Å². The Kier molecular flexibility index (Phi) is 6.17. The largest absolute Gasteiger partial charge is 0.481 e. The fraction of sp³-hybridized carbons (Fsp3) is 0.300. The normalized spacial score (nSPS) is 12.0. The monoisotopic (exact) mass is 339 g/mol. The number of rotatable bonds is 6. The van der Waals surface area contributed by atoms with E-state index in [2.05, 4.69) is 16.6 Å². The fourth-order valence-electron chi connectivity index (χ4n) is 2.38. The molecular formula is C20H25N3O2. The predicted octanol–water partition coefficient (Wildman–Crippen LogP) is 3.29. The Morgan fingerprint density at radius 3 is 2.28 bits per heavy atom. The quantitative estimate of drug-likeness (QED) is 0.649. The van der Waals surface area contributed by atoms with Crippen LogP contribution in [0.3, 0.4) is 0 Å². The SMILES string of the molecule is Cc1cc(C)cc(OC(C)C(=O)NN=Cc2ccc(N(C)C)cc2)c1. The van der Waals surface area contributed by atoms with E-state index in [-0.39, 0.29) is 5.91 Å². The molecule has 0 spiro atoms. The van der Waals surface area contributed by atoms with Gasteiger partial charge >= 0.3 is 0 Å². The van der Waals surface area contributed by atoms with Crippen molar-refractivity contribution in [2.24, 2.45) is 5.10 Å². The number of anilines is 1. The highest BCUT2D eigenvalue weighted by molar-refractivity contribution is 5.84. The third-order valence-electron chi connectivity index (χ3n) is 3.68. The summed E-state index contributed by atoms with van der Waals surface area (Å²) in [5.41, 5.74) is 6.73. The molecule has 0 saturated heterocycles. The highest BCUT2D eigenvalue weighted by Gasteiger charge is 2.14. The molecule has 0 aliphatic carbocycles. The summed E-state index contributed by atoms with van der Waals surface area (Å²) in [6, 6.07) is 13.8. The summed E-state index contributed by atoms with van der Waals surface area (Å²) in [5.74, 6) is 0.392. The van der Waals surface area contributed by atoms with E-state index in [1.807, 2.05) is 69.2 Å². The Balaban J connectivity index is 1.90. The smallest absolute Gasteiger partial charge is 0.280 e.